The van der Waals surface area contributed by atoms with Gasteiger partial charge in [-0.25, -0.2) is 0 Å². The lowest BCUT2D eigenvalue weighted by Gasteiger charge is -2.42. The first-order valence-corrected chi connectivity index (χ1v) is 6.81. The lowest BCUT2D eigenvalue weighted by molar-refractivity contribution is -0.288. The van der Waals surface area contributed by atoms with Crippen molar-refractivity contribution in [1.82, 2.24) is 0 Å². The van der Waals surface area contributed by atoms with E-state index in [9.17, 15) is 0 Å². The summed E-state index contributed by atoms with van der Waals surface area (Å²) in [4.78, 5) is 0. The number of ether oxygens (including phenoxy) is 2. The molecule has 0 aromatic rings. The van der Waals surface area contributed by atoms with E-state index in [-0.39, 0.29) is 11.9 Å². The number of hydrogen-bond donors (Lipinski definition) is 0. The molecule has 1 aliphatic heterocycles. The van der Waals surface area contributed by atoms with Crippen molar-refractivity contribution in [3.8, 4) is 0 Å². The molecule has 16 heavy (non-hydrogen) atoms. The lowest BCUT2D eigenvalue weighted by atomic mass is 9.94. The van der Waals surface area contributed by atoms with E-state index in [1.54, 1.807) is 0 Å². The number of rotatable bonds is 5. The Bertz CT molecular complexity index is 201. The van der Waals surface area contributed by atoms with Gasteiger partial charge in [-0.3, -0.25) is 0 Å². The van der Waals surface area contributed by atoms with Gasteiger partial charge < -0.3 is 9.47 Å². The summed E-state index contributed by atoms with van der Waals surface area (Å²) in [6, 6.07) is 0. The molecule has 96 valence electrons. The topological polar surface area (TPSA) is 18.5 Å². The second-order valence-corrected chi connectivity index (χ2v) is 5.71. The zero-order chi connectivity index (χ0) is 12.2. The summed E-state index contributed by atoms with van der Waals surface area (Å²) in [6.45, 7) is 11.0. The molecule has 0 aromatic heterocycles. The Kier molecular flexibility index (Phi) is 5.26. The van der Waals surface area contributed by atoms with Crippen LogP contribution in [-0.2, 0) is 9.47 Å². The van der Waals surface area contributed by atoms with Crippen molar-refractivity contribution in [2.75, 3.05) is 0 Å². The molecule has 0 N–H and O–H groups in total. The van der Waals surface area contributed by atoms with E-state index in [1.165, 1.54) is 19.3 Å². The summed E-state index contributed by atoms with van der Waals surface area (Å²) < 4.78 is 12.0. The predicted molar refractivity (Wildman–Crippen MR) is 67.4 cm³/mol. The first-order valence-electron chi connectivity index (χ1n) is 6.81. The molecule has 0 amide bonds. The largest absolute Gasteiger partial charge is 0.349 e. The highest BCUT2D eigenvalue weighted by molar-refractivity contribution is 4.79. The molecule has 1 saturated heterocycles. The maximum absolute atomic E-state index is 6.07. The Morgan fingerprint density at radius 3 is 2.50 bits per heavy atom. The molecule has 2 heteroatoms. The highest BCUT2D eigenvalue weighted by Crippen LogP contribution is 2.33. The van der Waals surface area contributed by atoms with Gasteiger partial charge >= 0.3 is 0 Å². The standard InChI is InChI=1S/C14H28O2/c1-6-8-9-12(7-2)13-15-11(3)10-14(4,5)16-13/h11-13H,6-10H2,1-5H3/t11-,12+,13-/m0/s1. The summed E-state index contributed by atoms with van der Waals surface area (Å²) >= 11 is 0. The molecule has 0 radical (unpaired) electrons. The summed E-state index contributed by atoms with van der Waals surface area (Å²) in [5, 5.41) is 0. The van der Waals surface area contributed by atoms with Crippen LogP contribution in [0.2, 0.25) is 0 Å². The quantitative estimate of drug-likeness (QED) is 0.704. The van der Waals surface area contributed by atoms with E-state index < -0.39 is 0 Å². The Labute approximate surface area is 101 Å². The van der Waals surface area contributed by atoms with Crippen LogP contribution in [0, 0.1) is 5.92 Å². The highest BCUT2D eigenvalue weighted by atomic mass is 16.7. The predicted octanol–water partition coefficient (Wildman–Crippen LogP) is 4.13. The minimum atomic E-state index is -0.0258. The molecule has 0 saturated carbocycles. The molecule has 0 spiro atoms. The molecule has 1 aliphatic rings. The molecular weight excluding hydrogens is 200 g/mol. The van der Waals surface area contributed by atoms with Crippen molar-refractivity contribution in [3.63, 3.8) is 0 Å². The Balaban J connectivity index is 2.55. The first kappa shape index (κ1) is 14.0. The van der Waals surface area contributed by atoms with Gasteiger partial charge in [-0.1, -0.05) is 26.7 Å². The van der Waals surface area contributed by atoms with Crippen molar-refractivity contribution in [2.45, 2.75) is 84.7 Å². The fourth-order valence-corrected chi connectivity index (χ4v) is 2.57. The highest BCUT2D eigenvalue weighted by Gasteiger charge is 2.36. The van der Waals surface area contributed by atoms with Crippen LogP contribution >= 0.6 is 0 Å². The average Bonchev–Trinajstić information content (AvgIpc) is 2.15. The van der Waals surface area contributed by atoms with E-state index in [2.05, 4.69) is 34.6 Å². The fourth-order valence-electron chi connectivity index (χ4n) is 2.57. The monoisotopic (exact) mass is 228 g/mol. The van der Waals surface area contributed by atoms with Crippen molar-refractivity contribution in [1.29, 1.82) is 0 Å². The second-order valence-electron chi connectivity index (χ2n) is 5.71. The molecule has 0 unspecified atom stereocenters. The maximum atomic E-state index is 6.07. The van der Waals surface area contributed by atoms with Gasteiger partial charge in [-0.05, 0) is 33.6 Å². The molecule has 1 heterocycles. The van der Waals surface area contributed by atoms with E-state index in [0.717, 1.165) is 12.8 Å². The zero-order valence-corrected chi connectivity index (χ0v) is 11.6. The van der Waals surface area contributed by atoms with Gasteiger partial charge in [0.05, 0.1) is 11.7 Å². The average molecular weight is 228 g/mol. The van der Waals surface area contributed by atoms with Crippen molar-refractivity contribution >= 4 is 0 Å². The van der Waals surface area contributed by atoms with Crippen LogP contribution in [0.1, 0.15) is 66.7 Å². The van der Waals surface area contributed by atoms with Crippen LogP contribution in [0.4, 0.5) is 0 Å². The zero-order valence-electron chi connectivity index (χ0n) is 11.6. The van der Waals surface area contributed by atoms with Crippen molar-refractivity contribution < 1.29 is 9.47 Å². The Morgan fingerprint density at radius 2 is 2.00 bits per heavy atom. The van der Waals surface area contributed by atoms with E-state index >= 15 is 0 Å². The van der Waals surface area contributed by atoms with Gasteiger partial charge in [-0.15, -0.1) is 0 Å². The van der Waals surface area contributed by atoms with Gasteiger partial charge in [0.1, 0.15) is 0 Å². The van der Waals surface area contributed by atoms with Crippen LogP contribution in [0.25, 0.3) is 0 Å². The van der Waals surface area contributed by atoms with E-state index in [1.807, 2.05) is 0 Å². The van der Waals surface area contributed by atoms with E-state index in [4.69, 9.17) is 9.47 Å². The summed E-state index contributed by atoms with van der Waals surface area (Å²) in [5.74, 6) is 0.557. The summed E-state index contributed by atoms with van der Waals surface area (Å²) in [5.41, 5.74) is -0.0258. The third-order valence-corrected chi connectivity index (χ3v) is 3.42. The van der Waals surface area contributed by atoms with Crippen molar-refractivity contribution in [2.24, 2.45) is 5.92 Å². The molecule has 1 rings (SSSR count). The SMILES string of the molecule is CCCC[C@@H](CC)[C@H]1O[C@@H](C)CC(C)(C)O1. The normalized spacial score (nSPS) is 31.3. The summed E-state index contributed by atoms with van der Waals surface area (Å²) in [7, 11) is 0. The third-order valence-electron chi connectivity index (χ3n) is 3.42. The lowest BCUT2D eigenvalue weighted by Crippen LogP contribution is -2.46. The van der Waals surface area contributed by atoms with Crippen molar-refractivity contribution in [3.05, 3.63) is 0 Å². The molecule has 2 nitrogen and oxygen atoms in total. The van der Waals surface area contributed by atoms with Gasteiger partial charge in [0, 0.05) is 12.3 Å². The van der Waals surface area contributed by atoms with Crippen LogP contribution in [0.3, 0.4) is 0 Å². The molecule has 0 bridgehead atoms. The van der Waals surface area contributed by atoms with Gasteiger partial charge in [0.25, 0.3) is 0 Å². The third kappa shape index (κ3) is 4.06. The second kappa shape index (κ2) is 6.02. The number of hydrogen-bond acceptors (Lipinski definition) is 2. The first-order chi connectivity index (χ1) is 7.48. The molecule has 0 aliphatic carbocycles. The fraction of sp³-hybridized carbons (Fsp3) is 1.00. The van der Waals surface area contributed by atoms with Crippen LogP contribution in [0.15, 0.2) is 0 Å². The summed E-state index contributed by atoms with van der Waals surface area (Å²) in [6.07, 6.45) is 6.22. The Hall–Kier alpha value is -0.0800. The van der Waals surface area contributed by atoms with Gasteiger partial charge in [0.2, 0.25) is 0 Å². The van der Waals surface area contributed by atoms with E-state index in [0.29, 0.717) is 12.0 Å². The van der Waals surface area contributed by atoms with Gasteiger partial charge in [-0.2, -0.15) is 0 Å². The van der Waals surface area contributed by atoms with Crippen LogP contribution in [0.5, 0.6) is 0 Å². The maximum Gasteiger partial charge on any atom is 0.161 e. The molecule has 0 aromatic carbocycles. The van der Waals surface area contributed by atoms with Gasteiger partial charge in [0.15, 0.2) is 6.29 Å². The molecule has 1 fully saturated rings. The number of unbranched alkanes of at least 4 members (excludes halogenated alkanes) is 1. The van der Waals surface area contributed by atoms with Crippen LogP contribution in [-0.4, -0.2) is 18.0 Å². The minimum absolute atomic E-state index is 0.00954. The molecule has 3 atom stereocenters. The smallest absolute Gasteiger partial charge is 0.161 e. The van der Waals surface area contributed by atoms with Crippen LogP contribution < -0.4 is 0 Å². The molecular formula is C14H28O2. The minimum Gasteiger partial charge on any atom is -0.349 e. The Morgan fingerprint density at radius 1 is 1.31 bits per heavy atom.